The number of rotatable bonds is 6. The van der Waals surface area contributed by atoms with Gasteiger partial charge in [0.25, 0.3) is 5.91 Å². The van der Waals surface area contributed by atoms with Crippen molar-refractivity contribution < 1.29 is 9.53 Å². The molecule has 0 aromatic heterocycles. The molecule has 1 N–H and O–H groups in total. The molecular formula is C22H20N2O2. The highest BCUT2D eigenvalue weighted by Gasteiger charge is 2.03. The van der Waals surface area contributed by atoms with Gasteiger partial charge in [0.05, 0.1) is 5.71 Å². The van der Waals surface area contributed by atoms with Gasteiger partial charge in [-0.3, -0.25) is 4.79 Å². The fraction of sp³-hybridized carbons (Fsp3) is 0.0909. The summed E-state index contributed by atoms with van der Waals surface area (Å²) in [6.07, 6.45) is 0. The Labute approximate surface area is 153 Å². The first-order valence-corrected chi connectivity index (χ1v) is 8.39. The summed E-state index contributed by atoms with van der Waals surface area (Å²) in [5.41, 5.74) is 6.46. The predicted molar refractivity (Wildman–Crippen MR) is 104 cm³/mol. The zero-order chi connectivity index (χ0) is 18.2. The molecular weight excluding hydrogens is 324 g/mol. The average Bonchev–Trinajstić information content (AvgIpc) is 2.72. The van der Waals surface area contributed by atoms with E-state index in [9.17, 15) is 4.79 Å². The number of nitrogens with one attached hydrogen (secondary N) is 1. The van der Waals surface area contributed by atoms with Gasteiger partial charge in [0, 0.05) is 0 Å². The highest BCUT2D eigenvalue weighted by atomic mass is 16.5. The molecule has 3 rings (SSSR count). The number of carbonyl (C=O) groups excluding carboxylic acids is 1. The van der Waals surface area contributed by atoms with Gasteiger partial charge in [0.15, 0.2) is 6.61 Å². The van der Waals surface area contributed by atoms with Crippen LogP contribution in [0.5, 0.6) is 5.75 Å². The standard InChI is InChI=1S/C22H20N2O2/c1-17(18-8-4-2-5-9-18)23-24-22(25)16-26-21-14-12-20(13-15-21)19-10-6-3-7-11-19/h2-15H,16H2,1H3,(H,24,25)/b23-17+. The Morgan fingerprint density at radius 2 is 1.42 bits per heavy atom. The predicted octanol–water partition coefficient (Wildman–Crippen LogP) is 4.27. The number of hydrazone groups is 1. The van der Waals surface area contributed by atoms with E-state index in [0.29, 0.717) is 5.75 Å². The number of ether oxygens (including phenoxy) is 1. The van der Waals surface area contributed by atoms with Crippen molar-refractivity contribution in [1.82, 2.24) is 5.43 Å². The Bertz CT molecular complexity index is 873. The number of hydrogen-bond donors (Lipinski definition) is 1. The largest absolute Gasteiger partial charge is 0.484 e. The lowest BCUT2D eigenvalue weighted by atomic mass is 10.1. The van der Waals surface area contributed by atoms with Crippen LogP contribution in [0.3, 0.4) is 0 Å². The number of nitrogens with zero attached hydrogens (tertiary/aromatic N) is 1. The zero-order valence-corrected chi connectivity index (χ0v) is 14.6. The Balaban J connectivity index is 1.52. The van der Waals surface area contributed by atoms with Crippen LogP contribution in [0.15, 0.2) is 90.0 Å². The van der Waals surface area contributed by atoms with E-state index in [2.05, 4.69) is 22.7 Å². The summed E-state index contributed by atoms with van der Waals surface area (Å²) in [6.45, 7) is 1.76. The van der Waals surface area contributed by atoms with Crippen molar-refractivity contribution in [2.24, 2.45) is 5.10 Å². The molecule has 3 aromatic carbocycles. The third-order valence-electron chi connectivity index (χ3n) is 3.87. The van der Waals surface area contributed by atoms with Crippen molar-refractivity contribution in [3.05, 3.63) is 90.5 Å². The van der Waals surface area contributed by atoms with Crippen LogP contribution in [0.2, 0.25) is 0 Å². The molecule has 3 aromatic rings. The normalized spacial score (nSPS) is 11.0. The Morgan fingerprint density at radius 1 is 0.846 bits per heavy atom. The fourth-order valence-corrected chi connectivity index (χ4v) is 2.45. The average molecular weight is 344 g/mol. The van der Waals surface area contributed by atoms with E-state index in [-0.39, 0.29) is 12.5 Å². The first-order valence-electron chi connectivity index (χ1n) is 8.39. The van der Waals surface area contributed by atoms with Crippen LogP contribution in [0.1, 0.15) is 12.5 Å². The molecule has 1 amide bonds. The first-order chi connectivity index (χ1) is 12.7. The van der Waals surface area contributed by atoms with Gasteiger partial charge in [-0.2, -0.15) is 5.10 Å². The molecule has 0 unspecified atom stereocenters. The van der Waals surface area contributed by atoms with Crippen molar-refractivity contribution in [2.45, 2.75) is 6.92 Å². The van der Waals surface area contributed by atoms with E-state index < -0.39 is 0 Å². The molecule has 0 aliphatic heterocycles. The molecule has 0 aliphatic rings. The molecule has 4 nitrogen and oxygen atoms in total. The topological polar surface area (TPSA) is 50.7 Å². The summed E-state index contributed by atoms with van der Waals surface area (Å²) < 4.78 is 5.52. The minimum atomic E-state index is -0.299. The third-order valence-corrected chi connectivity index (χ3v) is 3.87. The van der Waals surface area contributed by atoms with Crippen LogP contribution >= 0.6 is 0 Å². The Morgan fingerprint density at radius 3 is 2.08 bits per heavy atom. The van der Waals surface area contributed by atoms with Crippen molar-refractivity contribution in [1.29, 1.82) is 0 Å². The maximum atomic E-state index is 11.9. The minimum Gasteiger partial charge on any atom is -0.484 e. The fourth-order valence-electron chi connectivity index (χ4n) is 2.45. The first kappa shape index (κ1) is 17.4. The van der Waals surface area contributed by atoms with Crippen LogP contribution in [-0.2, 0) is 4.79 Å². The second-order valence-electron chi connectivity index (χ2n) is 5.78. The van der Waals surface area contributed by atoms with Crippen molar-refractivity contribution in [3.63, 3.8) is 0 Å². The van der Waals surface area contributed by atoms with E-state index in [1.807, 2.05) is 79.7 Å². The summed E-state index contributed by atoms with van der Waals surface area (Å²) in [5, 5.41) is 4.10. The molecule has 0 radical (unpaired) electrons. The molecule has 0 saturated heterocycles. The minimum absolute atomic E-state index is 0.0871. The molecule has 4 heteroatoms. The second-order valence-corrected chi connectivity index (χ2v) is 5.78. The van der Waals surface area contributed by atoms with E-state index in [0.717, 1.165) is 22.4 Å². The van der Waals surface area contributed by atoms with Gasteiger partial charge in [-0.15, -0.1) is 0 Å². The smallest absolute Gasteiger partial charge is 0.277 e. The second kappa shape index (κ2) is 8.62. The van der Waals surface area contributed by atoms with E-state index in [4.69, 9.17) is 4.74 Å². The van der Waals surface area contributed by atoms with E-state index >= 15 is 0 Å². The van der Waals surface area contributed by atoms with Gasteiger partial charge in [0.2, 0.25) is 0 Å². The van der Waals surface area contributed by atoms with Crippen LogP contribution in [0, 0.1) is 0 Å². The molecule has 0 atom stereocenters. The number of carbonyl (C=O) groups is 1. The van der Waals surface area contributed by atoms with Crippen LogP contribution < -0.4 is 10.2 Å². The molecule has 26 heavy (non-hydrogen) atoms. The highest BCUT2D eigenvalue weighted by molar-refractivity contribution is 5.99. The molecule has 0 spiro atoms. The molecule has 0 fully saturated rings. The number of benzene rings is 3. The number of amides is 1. The van der Waals surface area contributed by atoms with Gasteiger partial charge in [-0.05, 0) is 35.7 Å². The lowest BCUT2D eigenvalue weighted by Gasteiger charge is -2.07. The summed E-state index contributed by atoms with van der Waals surface area (Å²) >= 11 is 0. The van der Waals surface area contributed by atoms with E-state index in [1.54, 1.807) is 0 Å². The van der Waals surface area contributed by atoms with Crippen molar-refractivity contribution >= 4 is 11.6 Å². The van der Waals surface area contributed by atoms with Gasteiger partial charge < -0.3 is 4.74 Å². The highest BCUT2D eigenvalue weighted by Crippen LogP contribution is 2.21. The van der Waals surface area contributed by atoms with Crippen molar-refractivity contribution in [3.8, 4) is 16.9 Å². The van der Waals surface area contributed by atoms with Crippen LogP contribution in [0.25, 0.3) is 11.1 Å². The summed E-state index contributed by atoms with van der Waals surface area (Å²) in [4.78, 5) is 11.9. The maximum absolute atomic E-state index is 11.9. The van der Waals surface area contributed by atoms with Gasteiger partial charge >= 0.3 is 0 Å². The third kappa shape index (κ3) is 4.80. The quantitative estimate of drug-likeness (QED) is 0.536. The molecule has 0 heterocycles. The lowest BCUT2D eigenvalue weighted by molar-refractivity contribution is -0.123. The molecule has 0 saturated carbocycles. The van der Waals surface area contributed by atoms with Crippen molar-refractivity contribution in [2.75, 3.05) is 6.61 Å². The molecule has 0 aliphatic carbocycles. The van der Waals surface area contributed by atoms with Crippen LogP contribution in [0.4, 0.5) is 0 Å². The van der Waals surface area contributed by atoms with Gasteiger partial charge in [0.1, 0.15) is 5.75 Å². The SMILES string of the molecule is C/C(=N\NC(=O)COc1ccc(-c2ccccc2)cc1)c1ccccc1. The molecule has 0 bridgehead atoms. The maximum Gasteiger partial charge on any atom is 0.277 e. The zero-order valence-electron chi connectivity index (χ0n) is 14.6. The van der Waals surface area contributed by atoms with Gasteiger partial charge in [-0.1, -0.05) is 72.8 Å². The summed E-state index contributed by atoms with van der Waals surface area (Å²) in [6, 6.07) is 27.4. The molecule has 130 valence electrons. The Hall–Kier alpha value is -3.40. The number of hydrogen-bond acceptors (Lipinski definition) is 3. The van der Waals surface area contributed by atoms with E-state index in [1.165, 1.54) is 0 Å². The van der Waals surface area contributed by atoms with Gasteiger partial charge in [-0.25, -0.2) is 5.43 Å². The summed E-state index contributed by atoms with van der Waals surface area (Å²) in [7, 11) is 0. The summed E-state index contributed by atoms with van der Waals surface area (Å²) in [5.74, 6) is 0.344. The lowest BCUT2D eigenvalue weighted by Crippen LogP contribution is -2.25. The Kier molecular flexibility index (Phi) is 5.78. The monoisotopic (exact) mass is 344 g/mol. The van der Waals surface area contributed by atoms with Crippen LogP contribution in [-0.4, -0.2) is 18.2 Å².